The van der Waals surface area contributed by atoms with Crippen LogP contribution in [0.3, 0.4) is 0 Å². The van der Waals surface area contributed by atoms with E-state index in [0.29, 0.717) is 0 Å². The molecule has 0 aliphatic carbocycles. The van der Waals surface area contributed by atoms with Crippen LogP contribution in [0, 0.1) is 13.8 Å². The van der Waals surface area contributed by atoms with Gasteiger partial charge in [-0.3, -0.25) is 0 Å². The minimum absolute atomic E-state index is 0. The molecule has 2 nitrogen and oxygen atoms in total. The summed E-state index contributed by atoms with van der Waals surface area (Å²) in [5, 5.41) is 0. The van der Waals surface area contributed by atoms with Gasteiger partial charge in [-0.25, -0.2) is 4.57 Å². The quantitative estimate of drug-likeness (QED) is 0.710. The monoisotopic (exact) mass is 290 g/mol. The largest absolute Gasteiger partial charge is 1.00 e. The Morgan fingerprint density at radius 2 is 1.80 bits per heavy atom. The van der Waals surface area contributed by atoms with Gasteiger partial charge in [0.1, 0.15) is 0 Å². The van der Waals surface area contributed by atoms with E-state index in [2.05, 4.69) is 79.0 Å². The lowest BCUT2D eigenvalue weighted by Crippen LogP contribution is -3.00. The van der Waals surface area contributed by atoms with E-state index in [-0.39, 0.29) is 12.4 Å². The Bertz CT molecular complexity index is 540. The Hall–Kier alpha value is -1.54. The number of anilines is 1. The van der Waals surface area contributed by atoms with Crippen LogP contribution in [0.5, 0.6) is 0 Å². The Morgan fingerprint density at radius 1 is 1.05 bits per heavy atom. The van der Waals surface area contributed by atoms with Crippen molar-refractivity contribution in [3.05, 3.63) is 59.9 Å². The van der Waals surface area contributed by atoms with E-state index in [1.54, 1.807) is 0 Å². The highest BCUT2D eigenvalue weighted by Gasteiger charge is 2.07. The van der Waals surface area contributed by atoms with Gasteiger partial charge in [0.05, 0.1) is 6.54 Å². The average Bonchev–Trinajstić information content (AvgIpc) is 2.40. The number of hydrogen-bond acceptors (Lipinski definition) is 1. The SMILES string of the molecule is CCN(CC[n+]1cccc(C)c1)c1cccc(C)c1.[Cl-]. The van der Waals surface area contributed by atoms with Crippen LogP contribution in [-0.4, -0.2) is 13.1 Å². The molecule has 3 heteroatoms. The van der Waals surface area contributed by atoms with Crippen LogP contribution >= 0.6 is 0 Å². The van der Waals surface area contributed by atoms with Gasteiger partial charge in [-0.1, -0.05) is 12.1 Å². The van der Waals surface area contributed by atoms with Crippen molar-refractivity contribution in [2.45, 2.75) is 27.3 Å². The zero-order valence-electron chi connectivity index (χ0n) is 12.5. The Labute approximate surface area is 128 Å². The molecule has 0 radical (unpaired) electrons. The van der Waals surface area contributed by atoms with E-state index < -0.39 is 0 Å². The fourth-order valence-electron chi connectivity index (χ4n) is 2.32. The number of benzene rings is 1. The molecule has 1 aromatic heterocycles. The van der Waals surface area contributed by atoms with E-state index in [4.69, 9.17) is 0 Å². The second-order valence-electron chi connectivity index (χ2n) is 5.04. The van der Waals surface area contributed by atoms with Gasteiger partial charge in [-0.15, -0.1) is 0 Å². The molecule has 0 saturated heterocycles. The molecule has 0 amide bonds. The van der Waals surface area contributed by atoms with Crippen molar-refractivity contribution in [2.75, 3.05) is 18.0 Å². The zero-order valence-corrected chi connectivity index (χ0v) is 13.3. The summed E-state index contributed by atoms with van der Waals surface area (Å²) in [6.07, 6.45) is 4.33. The van der Waals surface area contributed by atoms with E-state index in [1.165, 1.54) is 16.8 Å². The van der Waals surface area contributed by atoms with Gasteiger partial charge in [0, 0.05) is 23.9 Å². The summed E-state index contributed by atoms with van der Waals surface area (Å²) in [5.74, 6) is 0. The molecule has 1 heterocycles. The number of aryl methyl sites for hydroxylation is 2. The highest BCUT2D eigenvalue weighted by Crippen LogP contribution is 2.15. The van der Waals surface area contributed by atoms with Gasteiger partial charge in [-0.2, -0.15) is 0 Å². The fourth-order valence-corrected chi connectivity index (χ4v) is 2.32. The minimum Gasteiger partial charge on any atom is -1.00 e. The van der Waals surface area contributed by atoms with E-state index in [1.807, 2.05) is 0 Å². The first-order chi connectivity index (χ1) is 9.19. The van der Waals surface area contributed by atoms with Gasteiger partial charge in [0.2, 0.25) is 0 Å². The van der Waals surface area contributed by atoms with Crippen molar-refractivity contribution in [3.8, 4) is 0 Å². The van der Waals surface area contributed by atoms with E-state index in [0.717, 1.165) is 19.6 Å². The fraction of sp³-hybridized carbons (Fsp3) is 0.353. The summed E-state index contributed by atoms with van der Waals surface area (Å²) in [4.78, 5) is 2.42. The minimum atomic E-state index is 0. The Morgan fingerprint density at radius 3 is 2.45 bits per heavy atom. The van der Waals surface area contributed by atoms with Crippen LogP contribution in [0.4, 0.5) is 5.69 Å². The summed E-state index contributed by atoms with van der Waals surface area (Å²) in [7, 11) is 0. The average molecular weight is 291 g/mol. The molecule has 2 aromatic rings. The van der Waals surface area contributed by atoms with E-state index >= 15 is 0 Å². The zero-order chi connectivity index (χ0) is 13.7. The molecular weight excluding hydrogens is 268 g/mol. The molecule has 1 aromatic carbocycles. The van der Waals surface area contributed by atoms with Crippen molar-refractivity contribution < 1.29 is 17.0 Å². The number of halogens is 1. The summed E-state index contributed by atoms with van der Waals surface area (Å²) in [6.45, 7) is 9.58. The third-order valence-electron chi connectivity index (χ3n) is 3.38. The second kappa shape index (κ2) is 7.91. The molecule has 0 N–H and O–H groups in total. The summed E-state index contributed by atoms with van der Waals surface area (Å²) in [6, 6.07) is 13.0. The van der Waals surface area contributed by atoms with E-state index in [9.17, 15) is 0 Å². The maximum Gasteiger partial charge on any atom is 0.171 e. The number of aromatic nitrogens is 1. The number of hydrogen-bond donors (Lipinski definition) is 0. The van der Waals surface area contributed by atoms with Crippen molar-refractivity contribution >= 4 is 5.69 Å². The predicted octanol–water partition coefficient (Wildman–Crippen LogP) is 0.121. The molecule has 0 aliphatic rings. The molecule has 0 bridgehead atoms. The Balaban J connectivity index is 0.00000200. The number of nitrogens with zero attached hydrogens (tertiary/aromatic N) is 2. The maximum absolute atomic E-state index is 2.42. The molecular formula is C17H23ClN2. The second-order valence-corrected chi connectivity index (χ2v) is 5.04. The molecule has 0 atom stereocenters. The van der Waals surface area contributed by atoms with Crippen molar-refractivity contribution in [1.82, 2.24) is 0 Å². The molecule has 0 unspecified atom stereocenters. The maximum atomic E-state index is 2.42. The number of rotatable bonds is 5. The van der Waals surface area contributed by atoms with Gasteiger partial charge >= 0.3 is 0 Å². The summed E-state index contributed by atoms with van der Waals surface area (Å²) >= 11 is 0. The van der Waals surface area contributed by atoms with Gasteiger partial charge < -0.3 is 17.3 Å². The topological polar surface area (TPSA) is 7.12 Å². The van der Waals surface area contributed by atoms with Crippen molar-refractivity contribution in [2.24, 2.45) is 0 Å². The summed E-state index contributed by atoms with van der Waals surface area (Å²) < 4.78 is 2.26. The lowest BCUT2D eigenvalue weighted by molar-refractivity contribution is -0.694. The van der Waals surface area contributed by atoms with Crippen LogP contribution in [0.25, 0.3) is 0 Å². The first kappa shape index (κ1) is 16.5. The molecule has 0 saturated carbocycles. The van der Waals surface area contributed by atoms with Crippen LogP contribution in [0.1, 0.15) is 18.1 Å². The van der Waals surface area contributed by atoms with Gasteiger partial charge in [-0.05, 0) is 44.5 Å². The Kier molecular flexibility index (Phi) is 6.53. The van der Waals surface area contributed by atoms with Gasteiger partial charge in [0.25, 0.3) is 0 Å². The predicted molar refractivity (Wildman–Crippen MR) is 80.4 cm³/mol. The van der Waals surface area contributed by atoms with Crippen molar-refractivity contribution in [3.63, 3.8) is 0 Å². The van der Waals surface area contributed by atoms with Crippen LogP contribution in [0.2, 0.25) is 0 Å². The highest BCUT2D eigenvalue weighted by molar-refractivity contribution is 5.48. The standard InChI is InChI=1S/C17H23N2.ClH/c1-4-19(17-9-5-7-15(2)13-17)12-11-18-10-6-8-16(3)14-18;/h5-10,13-14H,4,11-12H2,1-3H3;1H/q+1;/p-1. The first-order valence-electron chi connectivity index (χ1n) is 6.96. The van der Waals surface area contributed by atoms with Crippen LogP contribution in [-0.2, 0) is 6.54 Å². The van der Waals surface area contributed by atoms with Crippen LogP contribution < -0.4 is 21.9 Å². The number of pyridine rings is 1. The normalized spacial score (nSPS) is 9.95. The highest BCUT2D eigenvalue weighted by atomic mass is 35.5. The van der Waals surface area contributed by atoms with Gasteiger partial charge in [0.15, 0.2) is 18.9 Å². The van der Waals surface area contributed by atoms with Crippen molar-refractivity contribution in [1.29, 1.82) is 0 Å². The molecule has 0 spiro atoms. The lowest BCUT2D eigenvalue weighted by Gasteiger charge is -2.22. The molecule has 2 rings (SSSR count). The molecule has 0 fully saturated rings. The molecule has 0 aliphatic heterocycles. The molecule has 108 valence electrons. The van der Waals surface area contributed by atoms with Crippen LogP contribution in [0.15, 0.2) is 48.8 Å². The summed E-state index contributed by atoms with van der Waals surface area (Å²) in [5.41, 5.74) is 3.94. The third-order valence-corrected chi connectivity index (χ3v) is 3.38. The lowest BCUT2D eigenvalue weighted by atomic mass is 10.2. The third kappa shape index (κ3) is 4.53. The molecule has 20 heavy (non-hydrogen) atoms. The number of likely N-dealkylation sites (N-methyl/N-ethyl adjacent to an activating group) is 1. The smallest absolute Gasteiger partial charge is 0.171 e. The first-order valence-corrected chi connectivity index (χ1v) is 6.96.